The highest BCUT2D eigenvalue weighted by molar-refractivity contribution is 5.90. The normalized spacial score (nSPS) is 23.3. The lowest BCUT2D eigenvalue weighted by atomic mass is 9.86. The van der Waals surface area contributed by atoms with Crippen LogP contribution in [0.3, 0.4) is 0 Å². The van der Waals surface area contributed by atoms with E-state index < -0.39 is 6.04 Å². The Hall–Kier alpha value is -0.900. The standard InChI is InChI=1S/C12H22N2O2/c1-8(15)9-6-5-7-14(9)11(16)10(13)12(2,3)4/h9-10H,5-7,13H2,1-4H3/t9-,10+/m0/s1. The van der Waals surface area contributed by atoms with E-state index >= 15 is 0 Å². The molecule has 1 amide bonds. The predicted octanol–water partition coefficient (Wildman–Crippen LogP) is 0.940. The van der Waals surface area contributed by atoms with E-state index in [4.69, 9.17) is 5.73 Å². The maximum atomic E-state index is 12.2. The van der Waals surface area contributed by atoms with E-state index in [0.717, 1.165) is 12.8 Å². The molecule has 1 rings (SSSR count). The van der Waals surface area contributed by atoms with Gasteiger partial charge in [-0.15, -0.1) is 0 Å². The van der Waals surface area contributed by atoms with Gasteiger partial charge in [0.2, 0.25) is 5.91 Å². The van der Waals surface area contributed by atoms with E-state index in [9.17, 15) is 9.59 Å². The molecule has 0 spiro atoms. The zero-order chi connectivity index (χ0) is 12.5. The molecule has 2 atom stereocenters. The number of amides is 1. The summed E-state index contributed by atoms with van der Waals surface area (Å²) in [6.07, 6.45) is 1.67. The van der Waals surface area contributed by atoms with Gasteiger partial charge in [0.25, 0.3) is 0 Å². The Morgan fingerprint density at radius 2 is 1.94 bits per heavy atom. The van der Waals surface area contributed by atoms with Crippen molar-refractivity contribution >= 4 is 11.7 Å². The van der Waals surface area contributed by atoms with Crippen molar-refractivity contribution in [3.63, 3.8) is 0 Å². The van der Waals surface area contributed by atoms with Gasteiger partial charge in [-0.05, 0) is 25.2 Å². The Kier molecular flexibility index (Phi) is 3.73. The number of rotatable bonds is 2. The molecule has 0 aromatic carbocycles. The van der Waals surface area contributed by atoms with Gasteiger partial charge in [-0.2, -0.15) is 0 Å². The van der Waals surface area contributed by atoms with E-state index in [1.54, 1.807) is 11.8 Å². The molecule has 0 aromatic rings. The number of carbonyl (C=O) groups excluding carboxylic acids is 2. The van der Waals surface area contributed by atoms with Crippen LogP contribution in [0.25, 0.3) is 0 Å². The summed E-state index contributed by atoms with van der Waals surface area (Å²) in [5.41, 5.74) is 5.67. The Balaban J connectivity index is 2.77. The summed E-state index contributed by atoms with van der Waals surface area (Å²) in [4.78, 5) is 25.2. The highest BCUT2D eigenvalue weighted by Gasteiger charge is 2.37. The second-order valence-corrected chi connectivity index (χ2v) is 5.64. The molecule has 4 heteroatoms. The number of Topliss-reactive ketones (excluding diaryl/α,β-unsaturated/α-hetero) is 1. The SMILES string of the molecule is CC(=O)[C@@H]1CCCN1C(=O)[C@@H](N)C(C)(C)C. The van der Waals surface area contributed by atoms with E-state index in [1.165, 1.54) is 0 Å². The summed E-state index contributed by atoms with van der Waals surface area (Å²) in [5, 5.41) is 0. The lowest BCUT2D eigenvalue weighted by molar-refractivity contribution is -0.139. The molecule has 1 aliphatic rings. The molecule has 1 heterocycles. The maximum absolute atomic E-state index is 12.2. The zero-order valence-electron chi connectivity index (χ0n) is 10.6. The van der Waals surface area contributed by atoms with Crippen LogP contribution in [0.5, 0.6) is 0 Å². The molecule has 92 valence electrons. The summed E-state index contributed by atoms with van der Waals surface area (Å²) >= 11 is 0. The van der Waals surface area contributed by atoms with Gasteiger partial charge >= 0.3 is 0 Å². The second kappa shape index (κ2) is 4.53. The maximum Gasteiger partial charge on any atom is 0.240 e. The Labute approximate surface area is 97.2 Å². The number of nitrogens with two attached hydrogens (primary N) is 1. The quantitative estimate of drug-likeness (QED) is 0.762. The van der Waals surface area contributed by atoms with Crippen LogP contribution in [0.4, 0.5) is 0 Å². The van der Waals surface area contributed by atoms with Crippen LogP contribution in [0.15, 0.2) is 0 Å². The molecule has 1 aliphatic heterocycles. The lowest BCUT2D eigenvalue weighted by Crippen LogP contribution is -2.53. The number of nitrogens with zero attached hydrogens (tertiary/aromatic N) is 1. The van der Waals surface area contributed by atoms with Crippen molar-refractivity contribution in [2.75, 3.05) is 6.54 Å². The largest absolute Gasteiger partial charge is 0.331 e. The third-order valence-electron chi connectivity index (χ3n) is 3.20. The number of hydrogen-bond donors (Lipinski definition) is 1. The molecule has 0 radical (unpaired) electrons. The molecule has 0 bridgehead atoms. The van der Waals surface area contributed by atoms with Crippen molar-refractivity contribution < 1.29 is 9.59 Å². The van der Waals surface area contributed by atoms with Crippen LogP contribution < -0.4 is 5.73 Å². The molecule has 1 saturated heterocycles. The number of hydrogen-bond acceptors (Lipinski definition) is 3. The second-order valence-electron chi connectivity index (χ2n) is 5.64. The molecule has 16 heavy (non-hydrogen) atoms. The van der Waals surface area contributed by atoms with Crippen LogP contribution in [0, 0.1) is 5.41 Å². The van der Waals surface area contributed by atoms with Crippen LogP contribution in [0.2, 0.25) is 0 Å². The van der Waals surface area contributed by atoms with Crippen LogP contribution in [0.1, 0.15) is 40.5 Å². The highest BCUT2D eigenvalue weighted by Crippen LogP contribution is 2.24. The average Bonchev–Trinajstić information content (AvgIpc) is 2.62. The third kappa shape index (κ3) is 2.61. The van der Waals surface area contributed by atoms with Gasteiger partial charge < -0.3 is 10.6 Å². The van der Waals surface area contributed by atoms with Crippen molar-refractivity contribution in [3.8, 4) is 0 Å². The molecule has 0 saturated carbocycles. The first-order chi connectivity index (χ1) is 7.25. The minimum Gasteiger partial charge on any atom is -0.331 e. The topological polar surface area (TPSA) is 63.4 Å². The van der Waals surface area contributed by atoms with Gasteiger partial charge in [0, 0.05) is 6.54 Å². The Morgan fingerprint density at radius 3 is 2.38 bits per heavy atom. The minimum absolute atomic E-state index is 0.0620. The number of carbonyl (C=O) groups is 2. The fourth-order valence-corrected chi connectivity index (χ4v) is 2.00. The van der Waals surface area contributed by atoms with Crippen molar-refractivity contribution in [2.45, 2.75) is 52.6 Å². The predicted molar refractivity (Wildman–Crippen MR) is 62.8 cm³/mol. The zero-order valence-corrected chi connectivity index (χ0v) is 10.6. The van der Waals surface area contributed by atoms with Crippen molar-refractivity contribution in [3.05, 3.63) is 0 Å². The van der Waals surface area contributed by atoms with Crippen molar-refractivity contribution in [2.24, 2.45) is 11.1 Å². The van der Waals surface area contributed by atoms with Gasteiger partial charge in [-0.1, -0.05) is 20.8 Å². The van der Waals surface area contributed by atoms with Gasteiger partial charge in [-0.3, -0.25) is 9.59 Å². The molecule has 0 aromatic heterocycles. The van der Waals surface area contributed by atoms with Crippen LogP contribution >= 0.6 is 0 Å². The van der Waals surface area contributed by atoms with Crippen LogP contribution in [-0.4, -0.2) is 35.2 Å². The van der Waals surface area contributed by atoms with E-state index in [-0.39, 0.29) is 23.1 Å². The lowest BCUT2D eigenvalue weighted by Gasteiger charge is -2.32. The van der Waals surface area contributed by atoms with Gasteiger partial charge in [0.15, 0.2) is 5.78 Å². The minimum atomic E-state index is -0.535. The molecule has 0 unspecified atom stereocenters. The van der Waals surface area contributed by atoms with Crippen LogP contribution in [-0.2, 0) is 9.59 Å². The first-order valence-corrected chi connectivity index (χ1v) is 5.81. The first kappa shape index (κ1) is 13.2. The summed E-state index contributed by atoms with van der Waals surface area (Å²) in [5.74, 6) is -0.0304. The van der Waals surface area contributed by atoms with Crippen molar-refractivity contribution in [1.82, 2.24) is 4.90 Å². The summed E-state index contributed by atoms with van der Waals surface area (Å²) in [6, 6.07) is -0.784. The summed E-state index contributed by atoms with van der Waals surface area (Å²) in [6.45, 7) is 8.02. The highest BCUT2D eigenvalue weighted by atomic mass is 16.2. The van der Waals surface area contributed by atoms with E-state index in [1.807, 2.05) is 20.8 Å². The smallest absolute Gasteiger partial charge is 0.240 e. The van der Waals surface area contributed by atoms with Gasteiger partial charge in [0.1, 0.15) is 0 Å². The van der Waals surface area contributed by atoms with Gasteiger partial charge in [-0.25, -0.2) is 0 Å². The van der Waals surface area contributed by atoms with E-state index in [0.29, 0.717) is 6.54 Å². The van der Waals surface area contributed by atoms with Crippen molar-refractivity contribution in [1.29, 1.82) is 0 Å². The monoisotopic (exact) mass is 226 g/mol. The molecular weight excluding hydrogens is 204 g/mol. The molecular formula is C12H22N2O2. The number of likely N-dealkylation sites (tertiary alicyclic amines) is 1. The number of ketones is 1. The molecule has 2 N–H and O–H groups in total. The molecule has 1 fully saturated rings. The average molecular weight is 226 g/mol. The fourth-order valence-electron chi connectivity index (χ4n) is 2.00. The third-order valence-corrected chi connectivity index (χ3v) is 3.20. The Morgan fingerprint density at radius 1 is 1.38 bits per heavy atom. The summed E-state index contributed by atoms with van der Waals surface area (Å²) < 4.78 is 0. The molecule has 0 aliphatic carbocycles. The Bertz CT molecular complexity index is 294. The molecule has 4 nitrogen and oxygen atoms in total. The fraction of sp³-hybridized carbons (Fsp3) is 0.833. The summed E-state index contributed by atoms with van der Waals surface area (Å²) in [7, 11) is 0. The van der Waals surface area contributed by atoms with E-state index in [2.05, 4.69) is 0 Å². The first-order valence-electron chi connectivity index (χ1n) is 5.81. The van der Waals surface area contributed by atoms with Gasteiger partial charge in [0.05, 0.1) is 12.1 Å².